The van der Waals surface area contributed by atoms with Crippen LogP contribution in [0.5, 0.6) is 0 Å². The molecule has 25 heavy (non-hydrogen) atoms. The summed E-state index contributed by atoms with van der Waals surface area (Å²) in [5, 5.41) is 11.0. The van der Waals surface area contributed by atoms with Crippen molar-refractivity contribution in [1.29, 1.82) is 0 Å². The van der Waals surface area contributed by atoms with Crippen LogP contribution in [-0.2, 0) is 4.74 Å². The summed E-state index contributed by atoms with van der Waals surface area (Å²) in [7, 11) is 0. The standard InChI is InChI=1S/C21H19NO3/c1-2-25-21(24)20-18(13-8-14-23)16-11-6-7-12-17(16)19(22-20)15-9-4-3-5-10-15/h3-13,23H,2,14H2,1H3/b13-8-. The molecular formula is C21H19NO3. The monoisotopic (exact) mass is 333 g/mol. The normalized spacial score (nSPS) is 11.1. The molecule has 1 aromatic heterocycles. The van der Waals surface area contributed by atoms with E-state index in [2.05, 4.69) is 4.98 Å². The SMILES string of the molecule is CCOC(=O)c1nc(-c2ccccc2)c2ccccc2c1/C=C\CO. The topological polar surface area (TPSA) is 59.4 Å². The Labute approximate surface area is 146 Å². The van der Waals surface area contributed by atoms with Gasteiger partial charge >= 0.3 is 5.97 Å². The number of carbonyl (C=O) groups excluding carboxylic acids is 1. The molecule has 1 N–H and O–H groups in total. The lowest BCUT2D eigenvalue weighted by Gasteiger charge is -2.13. The highest BCUT2D eigenvalue weighted by atomic mass is 16.5. The van der Waals surface area contributed by atoms with Gasteiger partial charge in [-0.1, -0.05) is 66.7 Å². The van der Waals surface area contributed by atoms with Crippen LogP contribution in [0.2, 0.25) is 0 Å². The first-order chi connectivity index (χ1) is 12.3. The van der Waals surface area contributed by atoms with E-state index in [0.717, 1.165) is 22.0 Å². The minimum Gasteiger partial charge on any atom is -0.461 e. The summed E-state index contributed by atoms with van der Waals surface area (Å²) in [5.41, 5.74) is 2.58. The number of carbonyl (C=O) groups is 1. The number of hydrogen-bond acceptors (Lipinski definition) is 4. The van der Waals surface area contributed by atoms with Crippen molar-refractivity contribution in [3.05, 3.63) is 71.9 Å². The number of esters is 1. The predicted molar refractivity (Wildman–Crippen MR) is 99.3 cm³/mol. The van der Waals surface area contributed by atoms with Crippen LogP contribution in [0, 0.1) is 0 Å². The van der Waals surface area contributed by atoms with Crippen molar-refractivity contribution in [3.63, 3.8) is 0 Å². The molecule has 1 heterocycles. The van der Waals surface area contributed by atoms with Gasteiger partial charge in [0.25, 0.3) is 0 Å². The molecule has 0 aliphatic carbocycles. The van der Waals surface area contributed by atoms with Crippen molar-refractivity contribution >= 4 is 22.8 Å². The molecule has 3 rings (SSSR count). The lowest BCUT2D eigenvalue weighted by molar-refractivity contribution is 0.0519. The molecule has 0 saturated heterocycles. The third kappa shape index (κ3) is 3.44. The molecule has 0 bridgehead atoms. The molecule has 0 radical (unpaired) electrons. The maximum absolute atomic E-state index is 12.5. The highest BCUT2D eigenvalue weighted by molar-refractivity contribution is 6.05. The van der Waals surface area contributed by atoms with Crippen LogP contribution >= 0.6 is 0 Å². The minimum atomic E-state index is -0.469. The minimum absolute atomic E-state index is 0.114. The van der Waals surface area contributed by atoms with Crippen LogP contribution in [0.4, 0.5) is 0 Å². The van der Waals surface area contributed by atoms with E-state index in [0.29, 0.717) is 5.56 Å². The van der Waals surface area contributed by atoms with Crippen LogP contribution in [-0.4, -0.2) is 29.3 Å². The fourth-order valence-corrected chi connectivity index (χ4v) is 2.79. The van der Waals surface area contributed by atoms with Gasteiger partial charge in [-0.15, -0.1) is 0 Å². The van der Waals surface area contributed by atoms with E-state index in [4.69, 9.17) is 9.84 Å². The van der Waals surface area contributed by atoms with Gasteiger partial charge in [-0.25, -0.2) is 9.78 Å². The zero-order valence-electron chi connectivity index (χ0n) is 14.0. The largest absolute Gasteiger partial charge is 0.461 e. The first-order valence-electron chi connectivity index (χ1n) is 8.19. The average Bonchev–Trinajstić information content (AvgIpc) is 2.66. The number of benzene rings is 2. The Balaban J connectivity index is 2.34. The fraction of sp³-hybridized carbons (Fsp3) is 0.143. The van der Waals surface area contributed by atoms with Crippen LogP contribution in [0.25, 0.3) is 28.1 Å². The lowest BCUT2D eigenvalue weighted by atomic mass is 9.98. The number of aromatic nitrogens is 1. The number of nitrogens with zero attached hydrogens (tertiary/aromatic N) is 1. The number of ether oxygens (including phenoxy) is 1. The van der Waals surface area contributed by atoms with Crippen molar-refractivity contribution in [2.24, 2.45) is 0 Å². The molecule has 3 aromatic rings. The molecule has 4 heteroatoms. The molecule has 0 saturated carbocycles. The predicted octanol–water partition coefficient (Wildman–Crippen LogP) is 4.08. The summed E-state index contributed by atoms with van der Waals surface area (Å²) in [6, 6.07) is 17.5. The zero-order valence-corrected chi connectivity index (χ0v) is 14.0. The van der Waals surface area contributed by atoms with Gasteiger partial charge in [0.2, 0.25) is 0 Å². The second-order valence-corrected chi connectivity index (χ2v) is 5.44. The Bertz CT molecular complexity index is 917. The van der Waals surface area contributed by atoms with E-state index in [1.54, 1.807) is 19.1 Å². The van der Waals surface area contributed by atoms with Crippen molar-refractivity contribution in [3.8, 4) is 11.3 Å². The maximum atomic E-state index is 12.5. The first kappa shape index (κ1) is 16.9. The molecule has 0 aliphatic rings. The van der Waals surface area contributed by atoms with Crippen LogP contribution in [0.15, 0.2) is 60.7 Å². The number of aliphatic hydroxyl groups is 1. The van der Waals surface area contributed by atoms with E-state index in [1.807, 2.05) is 54.6 Å². The first-order valence-corrected chi connectivity index (χ1v) is 8.19. The summed E-state index contributed by atoms with van der Waals surface area (Å²) in [6.45, 7) is 1.93. The van der Waals surface area contributed by atoms with Gasteiger partial charge in [-0.2, -0.15) is 0 Å². The van der Waals surface area contributed by atoms with Crippen LogP contribution < -0.4 is 0 Å². The van der Waals surface area contributed by atoms with Crippen molar-refractivity contribution in [2.75, 3.05) is 13.2 Å². The summed E-state index contributed by atoms with van der Waals surface area (Å²) in [4.78, 5) is 17.1. The molecule has 0 spiro atoms. The fourth-order valence-electron chi connectivity index (χ4n) is 2.79. The van der Waals surface area contributed by atoms with Crippen LogP contribution in [0.1, 0.15) is 23.0 Å². The van der Waals surface area contributed by atoms with Crippen molar-refractivity contribution < 1.29 is 14.6 Å². The van der Waals surface area contributed by atoms with Gasteiger partial charge in [0.1, 0.15) is 0 Å². The number of rotatable bonds is 5. The average molecular weight is 333 g/mol. The summed E-state index contributed by atoms with van der Waals surface area (Å²) in [6.07, 6.45) is 3.31. The Kier molecular flexibility index (Phi) is 5.21. The lowest BCUT2D eigenvalue weighted by Crippen LogP contribution is -2.11. The van der Waals surface area contributed by atoms with E-state index >= 15 is 0 Å². The van der Waals surface area contributed by atoms with Crippen molar-refractivity contribution in [1.82, 2.24) is 4.98 Å². The smallest absolute Gasteiger partial charge is 0.357 e. The summed E-state index contributed by atoms with van der Waals surface area (Å²) in [5.74, 6) is -0.469. The van der Waals surface area contributed by atoms with Gasteiger partial charge in [-0.3, -0.25) is 0 Å². The zero-order chi connectivity index (χ0) is 17.6. The number of aliphatic hydroxyl groups excluding tert-OH is 1. The molecule has 0 amide bonds. The molecule has 126 valence electrons. The Morgan fingerprint density at radius 3 is 2.44 bits per heavy atom. The molecule has 2 aromatic carbocycles. The van der Waals surface area contributed by atoms with E-state index in [1.165, 1.54) is 0 Å². The Hall–Kier alpha value is -2.98. The van der Waals surface area contributed by atoms with Crippen LogP contribution in [0.3, 0.4) is 0 Å². The molecule has 0 fully saturated rings. The Morgan fingerprint density at radius 2 is 1.76 bits per heavy atom. The molecular weight excluding hydrogens is 314 g/mol. The third-order valence-corrected chi connectivity index (χ3v) is 3.86. The quantitative estimate of drug-likeness (QED) is 0.715. The maximum Gasteiger partial charge on any atom is 0.357 e. The van der Waals surface area contributed by atoms with E-state index in [-0.39, 0.29) is 18.9 Å². The third-order valence-electron chi connectivity index (χ3n) is 3.86. The molecule has 0 atom stereocenters. The number of pyridine rings is 1. The second-order valence-electron chi connectivity index (χ2n) is 5.44. The summed E-state index contributed by atoms with van der Waals surface area (Å²) >= 11 is 0. The highest BCUT2D eigenvalue weighted by Crippen LogP contribution is 2.31. The summed E-state index contributed by atoms with van der Waals surface area (Å²) < 4.78 is 5.19. The van der Waals surface area contributed by atoms with Gasteiger partial charge < -0.3 is 9.84 Å². The second kappa shape index (κ2) is 7.73. The van der Waals surface area contributed by atoms with Gasteiger partial charge in [-0.05, 0) is 12.3 Å². The van der Waals surface area contributed by atoms with E-state index in [9.17, 15) is 4.79 Å². The van der Waals surface area contributed by atoms with Gasteiger partial charge in [0, 0.05) is 16.5 Å². The highest BCUT2D eigenvalue weighted by Gasteiger charge is 2.19. The molecule has 4 nitrogen and oxygen atoms in total. The molecule has 0 aliphatic heterocycles. The van der Waals surface area contributed by atoms with Crippen molar-refractivity contribution in [2.45, 2.75) is 6.92 Å². The number of hydrogen-bond donors (Lipinski definition) is 1. The van der Waals surface area contributed by atoms with E-state index < -0.39 is 5.97 Å². The number of fused-ring (bicyclic) bond motifs is 1. The Morgan fingerprint density at radius 1 is 1.08 bits per heavy atom. The van der Waals surface area contributed by atoms with Gasteiger partial charge in [0.15, 0.2) is 5.69 Å². The van der Waals surface area contributed by atoms with Gasteiger partial charge in [0.05, 0.1) is 18.9 Å². The molecule has 0 unspecified atom stereocenters.